The Hall–Kier alpha value is -1.88. The quantitative estimate of drug-likeness (QED) is 0.841. The minimum absolute atomic E-state index is 0.0209. The Morgan fingerprint density at radius 2 is 1.95 bits per heavy atom. The maximum atomic E-state index is 12.2. The van der Waals surface area contributed by atoms with Crippen LogP contribution in [0.5, 0.6) is 0 Å². The molecule has 0 saturated heterocycles. The van der Waals surface area contributed by atoms with Gasteiger partial charge in [-0.2, -0.15) is 0 Å². The van der Waals surface area contributed by atoms with Gasteiger partial charge in [0, 0.05) is 26.2 Å². The molecule has 0 fully saturated rings. The molecule has 0 heterocycles. The van der Waals surface area contributed by atoms with Gasteiger partial charge in [-0.15, -0.1) is 0 Å². The van der Waals surface area contributed by atoms with Crippen LogP contribution in [0, 0.1) is 5.92 Å². The summed E-state index contributed by atoms with van der Waals surface area (Å²) in [5.74, 6) is -0.0910. The van der Waals surface area contributed by atoms with Gasteiger partial charge in [-0.3, -0.25) is 9.59 Å². The fourth-order valence-corrected chi connectivity index (χ4v) is 1.88. The van der Waals surface area contributed by atoms with Gasteiger partial charge in [0.2, 0.25) is 11.8 Å². The van der Waals surface area contributed by atoms with Crippen molar-refractivity contribution >= 4 is 17.5 Å². The molecule has 116 valence electrons. The summed E-state index contributed by atoms with van der Waals surface area (Å²) in [6, 6.07) is 6.91. The van der Waals surface area contributed by atoms with Gasteiger partial charge < -0.3 is 16.0 Å². The first-order chi connectivity index (χ1) is 9.86. The molecule has 2 atom stereocenters. The van der Waals surface area contributed by atoms with E-state index in [1.54, 1.807) is 11.9 Å². The average Bonchev–Trinajstić information content (AvgIpc) is 2.47. The molecule has 0 aliphatic carbocycles. The lowest BCUT2D eigenvalue weighted by atomic mass is 9.99. The smallest absolute Gasteiger partial charge is 0.241 e. The first-order valence-corrected chi connectivity index (χ1v) is 7.22. The largest absolute Gasteiger partial charge is 0.342 e. The summed E-state index contributed by atoms with van der Waals surface area (Å²) >= 11 is 0. The van der Waals surface area contributed by atoms with E-state index in [0.717, 1.165) is 12.0 Å². The zero-order valence-corrected chi connectivity index (χ0v) is 13.2. The summed E-state index contributed by atoms with van der Waals surface area (Å²) in [5.41, 5.74) is 7.53. The van der Waals surface area contributed by atoms with Crippen LogP contribution in [0.2, 0.25) is 0 Å². The first-order valence-electron chi connectivity index (χ1n) is 7.22. The minimum Gasteiger partial charge on any atom is -0.342 e. The number of nitrogens with zero attached hydrogens (tertiary/aromatic N) is 1. The molecule has 5 heteroatoms. The van der Waals surface area contributed by atoms with Crippen molar-refractivity contribution in [1.82, 2.24) is 4.90 Å². The highest BCUT2D eigenvalue weighted by atomic mass is 16.2. The predicted molar refractivity (Wildman–Crippen MR) is 84.7 cm³/mol. The molecule has 0 aliphatic rings. The second-order valence-corrected chi connectivity index (χ2v) is 5.43. The van der Waals surface area contributed by atoms with Crippen LogP contribution in [-0.4, -0.2) is 29.8 Å². The number of rotatable bonds is 6. The van der Waals surface area contributed by atoms with Crippen molar-refractivity contribution in [3.8, 4) is 0 Å². The fourth-order valence-electron chi connectivity index (χ4n) is 1.88. The fraction of sp³-hybridized carbons (Fsp3) is 0.500. The van der Waals surface area contributed by atoms with Crippen molar-refractivity contribution in [3.05, 3.63) is 29.8 Å². The van der Waals surface area contributed by atoms with Gasteiger partial charge in [0.15, 0.2) is 0 Å². The van der Waals surface area contributed by atoms with E-state index >= 15 is 0 Å². The predicted octanol–water partition coefficient (Wildman–Crippen LogP) is 1.98. The Morgan fingerprint density at radius 1 is 1.33 bits per heavy atom. The summed E-state index contributed by atoms with van der Waals surface area (Å²) in [4.78, 5) is 25.1. The van der Waals surface area contributed by atoms with Crippen molar-refractivity contribution in [2.24, 2.45) is 11.7 Å². The van der Waals surface area contributed by atoms with Gasteiger partial charge in [-0.25, -0.2) is 0 Å². The summed E-state index contributed by atoms with van der Waals surface area (Å²) in [6.45, 7) is 5.93. The monoisotopic (exact) mass is 291 g/mol. The summed E-state index contributed by atoms with van der Waals surface area (Å²) in [5, 5.41) is 2.87. The Labute approximate surface area is 126 Å². The van der Waals surface area contributed by atoms with Crippen LogP contribution in [0.15, 0.2) is 24.3 Å². The summed E-state index contributed by atoms with van der Waals surface area (Å²) in [6.07, 6.45) is 0.851. The molecular weight excluding hydrogens is 266 g/mol. The molecule has 2 unspecified atom stereocenters. The standard InChI is InChI=1S/C16H25N3O2/c1-5-11(2)15(17)16(21)18-14-9-7-6-8-13(14)10-19(4)12(3)20/h6-9,11,15H,5,10,17H2,1-4H3,(H,18,21). The molecule has 0 spiro atoms. The third-order valence-electron chi connectivity index (χ3n) is 3.78. The Morgan fingerprint density at radius 3 is 2.52 bits per heavy atom. The van der Waals surface area contributed by atoms with Crippen LogP contribution in [0.1, 0.15) is 32.8 Å². The number of amides is 2. The van der Waals surface area contributed by atoms with Gasteiger partial charge in [0.05, 0.1) is 6.04 Å². The second-order valence-electron chi connectivity index (χ2n) is 5.43. The van der Waals surface area contributed by atoms with E-state index in [0.29, 0.717) is 12.2 Å². The van der Waals surface area contributed by atoms with E-state index in [9.17, 15) is 9.59 Å². The van der Waals surface area contributed by atoms with Crippen LogP contribution in [0.4, 0.5) is 5.69 Å². The lowest BCUT2D eigenvalue weighted by Gasteiger charge is -2.21. The van der Waals surface area contributed by atoms with E-state index in [1.807, 2.05) is 38.1 Å². The lowest BCUT2D eigenvalue weighted by molar-refractivity contribution is -0.128. The highest BCUT2D eigenvalue weighted by molar-refractivity contribution is 5.95. The molecule has 2 amide bonds. The molecule has 0 radical (unpaired) electrons. The van der Waals surface area contributed by atoms with Gasteiger partial charge in [0.25, 0.3) is 0 Å². The van der Waals surface area contributed by atoms with Crippen molar-refractivity contribution in [2.45, 2.75) is 39.8 Å². The number of carbonyl (C=O) groups is 2. The third kappa shape index (κ3) is 4.86. The van der Waals surface area contributed by atoms with E-state index in [2.05, 4.69) is 5.32 Å². The van der Waals surface area contributed by atoms with E-state index < -0.39 is 6.04 Å². The number of anilines is 1. The van der Waals surface area contributed by atoms with Crippen molar-refractivity contribution in [1.29, 1.82) is 0 Å². The summed E-state index contributed by atoms with van der Waals surface area (Å²) in [7, 11) is 1.73. The third-order valence-corrected chi connectivity index (χ3v) is 3.78. The highest BCUT2D eigenvalue weighted by Gasteiger charge is 2.20. The van der Waals surface area contributed by atoms with E-state index in [1.165, 1.54) is 6.92 Å². The number of para-hydroxylation sites is 1. The maximum absolute atomic E-state index is 12.2. The molecule has 0 aliphatic heterocycles. The molecule has 0 saturated carbocycles. The molecule has 21 heavy (non-hydrogen) atoms. The van der Waals surface area contributed by atoms with Crippen molar-refractivity contribution in [3.63, 3.8) is 0 Å². The highest BCUT2D eigenvalue weighted by Crippen LogP contribution is 2.18. The Balaban J connectivity index is 2.84. The van der Waals surface area contributed by atoms with Gasteiger partial charge in [-0.05, 0) is 17.5 Å². The zero-order valence-electron chi connectivity index (χ0n) is 13.2. The Kier molecular flexibility index (Phi) is 6.37. The maximum Gasteiger partial charge on any atom is 0.241 e. The molecule has 5 nitrogen and oxygen atoms in total. The van der Waals surface area contributed by atoms with Gasteiger partial charge >= 0.3 is 0 Å². The summed E-state index contributed by atoms with van der Waals surface area (Å²) < 4.78 is 0. The number of benzene rings is 1. The number of hydrogen-bond donors (Lipinski definition) is 2. The zero-order chi connectivity index (χ0) is 16.0. The first kappa shape index (κ1) is 17.2. The lowest BCUT2D eigenvalue weighted by Crippen LogP contribution is -2.40. The minimum atomic E-state index is -0.534. The average molecular weight is 291 g/mol. The van der Waals surface area contributed by atoms with Gasteiger partial charge in [0.1, 0.15) is 0 Å². The van der Waals surface area contributed by atoms with Crippen molar-refractivity contribution < 1.29 is 9.59 Å². The topological polar surface area (TPSA) is 75.4 Å². The van der Waals surface area contributed by atoms with E-state index in [4.69, 9.17) is 5.73 Å². The van der Waals surface area contributed by atoms with Gasteiger partial charge in [-0.1, -0.05) is 38.5 Å². The van der Waals surface area contributed by atoms with Crippen LogP contribution >= 0.6 is 0 Å². The normalized spacial score (nSPS) is 13.4. The number of nitrogens with two attached hydrogens (primary N) is 1. The Bertz CT molecular complexity index is 502. The number of hydrogen-bond acceptors (Lipinski definition) is 3. The van der Waals surface area contributed by atoms with Crippen LogP contribution < -0.4 is 11.1 Å². The SMILES string of the molecule is CCC(C)C(N)C(=O)Nc1ccccc1CN(C)C(C)=O. The number of carbonyl (C=O) groups excluding carboxylic acids is 2. The van der Waals surface area contributed by atoms with Crippen LogP contribution in [-0.2, 0) is 16.1 Å². The molecule has 1 aromatic rings. The molecule has 1 rings (SSSR count). The van der Waals surface area contributed by atoms with Crippen LogP contribution in [0.3, 0.4) is 0 Å². The van der Waals surface area contributed by atoms with Crippen LogP contribution in [0.25, 0.3) is 0 Å². The number of nitrogens with one attached hydrogen (secondary N) is 1. The molecule has 0 aromatic heterocycles. The second kappa shape index (κ2) is 7.78. The molecular formula is C16H25N3O2. The molecule has 1 aromatic carbocycles. The molecule has 3 N–H and O–H groups in total. The van der Waals surface area contributed by atoms with E-state index in [-0.39, 0.29) is 17.7 Å². The molecule has 0 bridgehead atoms. The van der Waals surface area contributed by atoms with Crippen molar-refractivity contribution in [2.75, 3.05) is 12.4 Å².